The molecule has 0 aliphatic rings. The second kappa shape index (κ2) is 10.8. The van der Waals surface area contributed by atoms with E-state index in [4.69, 9.17) is 0 Å². The second-order valence-electron chi connectivity index (χ2n) is 5.76. The number of nitrogens with one attached hydrogen (secondary N) is 2. The van der Waals surface area contributed by atoms with Crippen LogP contribution in [0.15, 0.2) is 24.3 Å². The lowest BCUT2D eigenvalue weighted by Gasteiger charge is -2.15. The van der Waals surface area contributed by atoms with E-state index in [1.807, 2.05) is 12.1 Å². The van der Waals surface area contributed by atoms with Crippen molar-refractivity contribution in [1.82, 2.24) is 5.32 Å². The molecular weight excluding hydrogens is 290 g/mol. The van der Waals surface area contributed by atoms with Gasteiger partial charge in [0, 0.05) is 25.3 Å². The molecule has 0 atom stereocenters. The molecule has 0 radical (unpaired) electrons. The first-order valence-corrected chi connectivity index (χ1v) is 8.39. The first kappa shape index (κ1) is 19.2. The van der Waals surface area contributed by atoms with Gasteiger partial charge in [0.1, 0.15) is 0 Å². The number of carbonyl (C=O) groups is 2. The Bertz CT molecular complexity index is 486. The Hall–Kier alpha value is -1.88. The molecule has 2 N–H and O–H groups in total. The van der Waals surface area contributed by atoms with Gasteiger partial charge in [-0.05, 0) is 37.2 Å². The van der Waals surface area contributed by atoms with Crippen LogP contribution in [0.2, 0.25) is 0 Å². The van der Waals surface area contributed by atoms with Crippen LogP contribution in [-0.4, -0.2) is 32.0 Å². The number of amides is 2. The molecule has 0 spiro atoms. The minimum Gasteiger partial charge on any atom is -0.325 e. The van der Waals surface area contributed by atoms with Crippen LogP contribution in [0.5, 0.6) is 0 Å². The Morgan fingerprint density at radius 1 is 1.04 bits per heavy atom. The predicted octanol–water partition coefficient (Wildman–Crippen LogP) is 3.17. The lowest BCUT2D eigenvalue weighted by molar-refractivity contribution is -0.116. The quantitative estimate of drug-likeness (QED) is 0.651. The van der Waals surface area contributed by atoms with Crippen molar-refractivity contribution in [2.24, 2.45) is 0 Å². The number of benzene rings is 1. The van der Waals surface area contributed by atoms with Gasteiger partial charge in [0.25, 0.3) is 0 Å². The number of hydrogen-bond donors (Lipinski definition) is 2. The van der Waals surface area contributed by atoms with Gasteiger partial charge in [-0.15, -0.1) is 0 Å². The number of carbonyl (C=O) groups excluding carboxylic acids is 2. The van der Waals surface area contributed by atoms with Crippen LogP contribution in [0, 0.1) is 0 Å². The molecule has 128 valence electrons. The summed E-state index contributed by atoms with van der Waals surface area (Å²) < 4.78 is 0. The number of hydrogen-bond acceptors (Lipinski definition) is 3. The lowest BCUT2D eigenvalue weighted by Crippen LogP contribution is -2.28. The zero-order chi connectivity index (χ0) is 17.1. The predicted molar refractivity (Wildman–Crippen MR) is 95.8 cm³/mol. The van der Waals surface area contributed by atoms with Crippen LogP contribution < -0.4 is 15.5 Å². The zero-order valence-corrected chi connectivity index (χ0v) is 14.5. The van der Waals surface area contributed by atoms with E-state index in [-0.39, 0.29) is 11.8 Å². The van der Waals surface area contributed by atoms with Gasteiger partial charge in [-0.25, -0.2) is 0 Å². The van der Waals surface area contributed by atoms with Crippen LogP contribution in [0.4, 0.5) is 11.4 Å². The van der Waals surface area contributed by atoms with Crippen molar-refractivity contribution in [2.45, 2.75) is 46.0 Å². The molecule has 0 aliphatic carbocycles. The molecule has 1 aromatic rings. The van der Waals surface area contributed by atoms with Crippen molar-refractivity contribution in [3.63, 3.8) is 0 Å². The van der Waals surface area contributed by atoms with Gasteiger partial charge in [0.05, 0.1) is 6.54 Å². The maximum atomic E-state index is 11.8. The van der Waals surface area contributed by atoms with Crippen molar-refractivity contribution in [1.29, 1.82) is 0 Å². The largest absolute Gasteiger partial charge is 0.325 e. The molecule has 0 aliphatic heterocycles. The SMILES string of the molecule is CCCCCCCNCC(=O)Nc1ccc(N(C)C(C)=O)cc1. The van der Waals surface area contributed by atoms with Gasteiger partial charge in [-0.1, -0.05) is 32.6 Å². The van der Waals surface area contributed by atoms with Crippen LogP contribution in [0.3, 0.4) is 0 Å². The average molecular weight is 319 g/mol. The Morgan fingerprint density at radius 3 is 2.30 bits per heavy atom. The third-order valence-corrected chi connectivity index (χ3v) is 3.75. The van der Waals surface area contributed by atoms with E-state index in [1.54, 1.807) is 24.1 Å². The van der Waals surface area contributed by atoms with E-state index >= 15 is 0 Å². The van der Waals surface area contributed by atoms with E-state index in [0.717, 1.165) is 24.3 Å². The fourth-order valence-corrected chi connectivity index (χ4v) is 2.21. The summed E-state index contributed by atoms with van der Waals surface area (Å²) in [6.07, 6.45) is 6.13. The van der Waals surface area contributed by atoms with Crippen molar-refractivity contribution in [3.05, 3.63) is 24.3 Å². The second-order valence-corrected chi connectivity index (χ2v) is 5.76. The number of unbranched alkanes of at least 4 members (excludes halogenated alkanes) is 4. The summed E-state index contributed by atoms with van der Waals surface area (Å²) in [6.45, 7) is 4.92. The molecule has 0 heterocycles. The Kier molecular flexibility index (Phi) is 8.98. The molecule has 0 aromatic heterocycles. The molecule has 5 heteroatoms. The standard InChI is InChI=1S/C18H29N3O2/c1-4-5-6-7-8-13-19-14-18(23)20-16-9-11-17(12-10-16)21(3)15(2)22/h9-12,19H,4-8,13-14H2,1-3H3,(H,20,23). The molecule has 0 fully saturated rings. The molecule has 0 unspecified atom stereocenters. The zero-order valence-electron chi connectivity index (χ0n) is 14.5. The molecular formula is C18H29N3O2. The van der Waals surface area contributed by atoms with Crippen molar-refractivity contribution >= 4 is 23.2 Å². The van der Waals surface area contributed by atoms with Crippen LogP contribution in [0.25, 0.3) is 0 Å². The highest BCUT2D eigenvalue weighted by Gasteiger charge is 2.06. The maximum absolute atomic E-state index is 11.8. The van der Waals surface area contributed by atoms with Crippen molar-refractivity contribution < 1.29 is 9.59 Å². The molecule has 0 saturated heterocycles. The van der Waals surface area contributed by atoms with E-state index < -0.39 is 0 Å². The molecule has 23 heavy (non-hydrogen) atoms. The highest BCUT2D eigenvalue weighted by Crippen LogP contribution is 2.16. The molecule has 0 saturated carbocycles. The summed E-state index contributed by atoms with van der Waals surface area (Å²) in [5.74, 6) is -0.0730. The number of rotatable bonds is 10. The third-order valence-electron chi connectivity index (χ3n) is 3.75. The van der Waals surface area contributed by atoms with Crippen LogP contribution in [0.1, 0.15) is 46.0 Å². The fourth-order valence-electron chi connectivity index (χ4n) is 2.21. The smallest absolute Gasteiger partial charge is 0.238 e. The monoisotopic (exact) mass is 319 g/mol. The third kappa shape index (κ3) is 7.79. The van der Waals surface area contributed by atoms with Gasteiger partial charge in [-0.2, -0.15) is 0 Å². The van der Waals surface area contributed by atoms with Gasteiger partial charge >= 0.3 is 0 Å². The Morgan fingerprint density at radius 2 is 1.70 bits per heavy atom. The van der Waals surface area contributed by atoms with Crippen molar-refractivity contribution in [2.75, 3.05) is 30.4 Å². The first-order chi connectivity index (χ1) is 11.0. The summed E-state index contributed by atoms with van der Waals surface area (Å²) in [4.78, 5) is 24.7. The van der Waals surface area contributed by atoms with Gasteiger partial charge in [0.15, 0.2) is 0 Å². The topological polar surface area (TPSA) is 61.4 Å². The highest BCUT2D eigenvalue weighted by atomic mass is 16.2. The fraction of sp³-hybridized carbons (Fsp3) is 0.556. The van der Waals surface area contributed by atoms with E-state index in [9.17, 15) is 9.59 Å². The average Bonchev–Trinajstić information content (AvgIpc) is 2.54. The maximum Gasteiger partial charge on any atom is 0.238 e. The van der Waals surface area contributed by atoms with Gasteiger partial charge in [0.2, 0.25) is 11.8 Å². The minimum atomic E-state index is -0.0498. The van der Waals surface area contributed by atoms with Gasteiger partial charge < -0.3 is 15.5 Å². The molecule has 2 amide bonds. The Balaban J connectivity index is 2.25. The summed E-state index contributed by atoms with van der Waals surface area (Å²) in [6, 6.07) is 7.24. The first-order valence-electron chi connectivity index (χ1n) is 8.39. The Labute approximate surface area is 139 Å². The summed E-state index contributed by atoms with van der Waals surface area (Å²) in [5, 5.41) is 6.01. The van der Waals surface area contributed by atoms with Crippen molar-refractivity contribution in [3.8, 4) is 0 Å². The summed E-state index contributed by atoms with van der Waals surface area (Å²) >= 11 is 0. The highest BCUT2D eigenvalue weighted by molar-refractivity contribution is 5.93. The molecule has 1 aromatic carbocycles. The van der Waals surface area contributed by atoms with Crippen LogP contribution in [-0.2, 0) is 9.59 Å². The summed E-state index contributed by atoms with van der Waals surface area (Å²) in [5.41, 5.74) is 1.54. The molecule has 5 nitrogen and oxygen atoms in total. The molecule has 1 rings (SSSR count). The summed E-state index contributed by atoms with van der Waals surface area (Å²) in [7, 11) is 1.72. The normalized spacial score (nSPS) is 10.4. The molecule has 0 bridgehead atoms. The van der Waals surface area contributed by atoms with Crippen LogP contribution >= 0.6 is 0 Å². The minimum absolute atomic E-state index is 0.0232. The lowest BCUT2D eigenvalue weighted by atomic mass is 10.1. The number of anilines is 2. The van der Waals surface area contributed by atoms with E-state index in [0.29, 0.717) is 6.54 Å². The van der Waals surface area contributed by atoms with E-state index in [2.05, 4.69) is 17.6 Å². The number of nitrogens with zero attached hydrogens (tertiary/aromatic N) is 1. The van der Waals surface area contributed by atoms with E-state index in [1.165, 1.54) is 32.6 Å². The van der Waals surface area contributed by atoms with Gasteiger partial charge in [-0.3, -0.25) is 9.59 Å².